The average molecular weight is 994 g/mol. The van der Waals surface area contributed by atoms with Crippen molar-refractivity contribution in [3.8, 4) is 0 Å². The lowest BCUT2D eigenvalue weighted by Crippen LogP contribution is -2.30. The van der Waals surface area contributed by atoms with E-state index in [4.69, 9.17) is 14.2 Å². The van der Waals surface area contributed by atoms with Crippen molar-refractivity contribution in [2.24, 2.45) is 0 Å². The van der Waals surface area contributed by atoms with Gasteiger partial charge in [-0.3, -0.25) is 14.4 Å². The summed E-state index contributed by atoms with van der Waals surface area (Å²) < 4.78 is 16.9. The molecule has 71 heavy (non-hydrogen) atoms. The van der Waals surface area contributed by atoms with Crippen molar-refractivity contribution in [2.45, 2.75) is 322 Å². The SMILES string of the molecule is CCCCC/C=C\C/C=C\C/C=C\CCCCC(=O)O[C@H](COC(=O)CCCCCCCCC/C=C\C/C=C\CCCCC)COC(=O)CCCCCCCCCCCCCCCCCCCCCCC. The summed E-state index contributed by atoms with van der Waals surface area (Å²) in [5.41, 5.74) is 0. The molecule has 0 aliphatic heterocycles. The van der Waals surface area contributed by atoms with Gasteiger partial charge in [-0.25, -0.2) is 0 Å². The van der Waals surface area contributed by atoms with Crippen LogP contribution < -0.4 is 0 Å². The van der Waals surface area contributed by atoms with Crippen LogP contribution in [0.15, 0.2) is 60.8 Å². The fraction of sp³-hybridized carbons (Fsp3) is 0.800. The van der Waals surface area contributed by atoms with E-state index < -0.39 is 6.10 Å². The van der Waals surface area contributed by atoms with Gasteiger partial charge < -0.3 is 14.2 Å². The van der Waals surface area contributed by atoms with Crippen molar-refractivity contribution in [3.63, 3.8) is 0 Å². The van der Waals surface area contributed by atoms with Crippen LogP contribution in [-0.4, -0.2) is 37.2 Å². The standard InChI is InChI=1S/C65H116O6/c1-4-7-10-13-16-19-22-25-28-30-31-32-33-35-38-40-43-46-49-52-55-58-64(67)70-61-62(71-65(68)59-56-53-50-47-44-41-36-27-24-21-18-15-12-9-6-3)60-69-63(66)57-54-51-48-45-42-39-37-34-29-26-23-20-17-14-11-8-5-2/h17-18,20-21,26-27,29,36,44,47,62H,4-16,19,22-25,28,30-35,37-43,45-46,48-61H2,1-3H3/b20-17-,21-18-,29-26-,36-27-,47-44-/t62-/m1/s1. The van der Waals surface area contributed by atoms with E-state index in [1.807, 2.05) is 0 Å². The quantitative estimate of drug-likeness (QED) is 0.0261. The first-order valence-corrected chi connectivity index (χ1v) is 30.8. The van der Waals surface area contributed by atoms with E-state index in [0.29, 0.717) is 19.3 Å². The summed E-state index contributed by atoms with van der Waals surface area (Å²) in [7, 11) is 0. The Bertz CT molecular complexity index is 1280. The topological polar surface area (TPSA) is 78.9 Å². The number of carbonyl (C=O) groups is 3. The highest BCUT2D eigenvalue weighted by atomic mass is 16.6. The molecule has 0 rings (SSSR count). The van der Waals surface area contributed by atoms with Gasteiger partial charge in [-0.05, 0) is 89.9 Å². The lowest BCUT2D eigenvalue weighted by Gasteiger charge is -2.18. The Hall–Kier alpha value is -2.89. The smallest absolute Gasteiger partial charge is 0.306 e. The minimum atomic E-state index is -0.796. The highest BCUT2D eigenvalue weighted by Crippen LogP contribution is 2.17. The second kappa shape index (κ2) is 59.7. The number of allylic oxidation sites excluding steroid dienone is 10. The van der Waals surface area contributed by atoms with Gasteiger partial charge in [0.2, 0.25) is 0 Å². The van der Waals surface area contributed by atoms with Crippen molar-refractivity contribution >= 4 is 17.9 Å². The maximum absolute atomic E-state index is 12.9. The molecule has 6 nitrogen and oxygen atoms in total. The summed E-state index contributed by atoms with van der Waals surface area (Å²) in [6.07, 6.45) is 75.1. The fourth-order valence-corrected chi connectivity index (χ4v) is 8.83. The largest absolute Gasteiger partial charge is 0.462 e. The summed E-state index contributed by atoms with van der Waals surface area (Å²) in [5, 5.41) is 0. The minimum absolute atomic E-state index is 0.0893. The molecule has 0 aromatic carbocycles. The molecule has 6 heteroatoms. The molecule has 0 unspecified atom stereocenters. The van der Waals surface area contributed by atoms with E-state index in [0.717, 1.165) is 77.0 Å². The van der Waals surface area contributed by atoms with Crippen LogP contribution in [0.5, 0.6) is 0 Å². The normalized spacial score (nSPS) is 12.4. The molecule has 0 aliphatic rings. The number of rotatable bonds is 56. The van der Waals surface area contributed by atoms with Crippen LogP contribution in [0.1, 0.15) is 316 Å². The molecule has 412 valence electrons. The van der Waals surface area contributed by atoms with Crippen molar-refractivity contribution in [1.82, 2.24) is 0 Å². The van der Waals surface area contributed by atoms with Gasteiger partial charge in [0, 0.05) is 19.3 Å². The highest BCUT2D eigenvalue weighted by molar-refractivity contribution is 5.71. The molecular weight excluding hydrogens is 877 g/mol. The van der Waals surface area contributed by atoms with Crippen LogP contribution in [0.25, 0.3) is 0 Å². The van der Waals surface area contributed by atoms with E-state index in [9.17, 15) is 14.4 Å². The molecule has 0 saturated carbocycles. The Morgan fingerprint density at radius 2 is 0.507 bits per heavy atom. The summed E-state index contributed by atoms with van der Waals surface area (Å²) >= 11 is 0. The van der Waals surface area contributed by atoms with E-state index in [1.165, 1.54) is 193 Å². The maximum Gasteiger partial charge on any atom is 0.306 e. The first-order valence-electron chi connectivity index (χ1n) is 30.8. The Morgan fingerprint density at radius 1 is 0.282 bits per heavy atom. The monoisotopic (exact) mass is 993 g/mol. The third kappa shape index (κ3) is 57.9. The molecule has 0 heterocycles. The van der Waals surface area contributed by atoms with E-state index >= 15 is 0 Å². The average Bonchev–Trinajstić information content (AvgIpc) is 3.37. The number of ether oxygens (including phenoxy) is 3. The number of hydrogen-bond acceptors (Lipinski definition) is 6. The molecule has 0 aromatic heterocycles. The molecule has 0 aliphatic carbocycles. The number of carbonyl (C=O) groups excluding carboxylic acids is 3. The molecule has 1 atom stereocenters. The predicted molar refractivity (Wildman–Crippen MR) is 307 cm³/mol. The van der Waals surface area contributed by atoms with E-state index in [1.54, 1.807) is 0 Å². The molecule has 0 amide bonds. The molecule has 0 spiro atoms. The molecule has 0 N–H and O–H groups in total. The zero-order valence-electron chi connectivity index (χ0n) is 47.2. The van der Waals surface area contributed by atoms with Crippen molar-refractivity contribution in [3.05, 3.63) is 60.8 Å². The zero-order valence-corrected chi connectivity index (χ0v) is 47.2. The van der Waals surface area contributed by atoms with Gasteiger partial charge in [-0.2, -0.15) is 0 Å². The Balaban J connectivity index is 4.37. The van der Waals surface area contributed by atoms with Crippen LogP contribution >= 0.6 is 0 Å². The highest BCUT2D eigenvalue weighted by Gasteiger charge is 2.19. The maximum atomic E-state index is 12.9. The van der Waals surface area contributed by atoms with E-state index in [-0.39, 0.29) is 37.5 Å². The summed E-state index contributed by atoms with van der Waals surface area (Å²) in [4.78, 5) is 38.2. The second-order valence-electron chi connectivity index (χ2n) is 20.6. The van der Waals surface area contributed by atoms with Gasteiger partial charge in [0.1, 0.15) is 13.2 Å². The van der Waals surface area contributed by atoms with Crippen LogP contribution in [0.3, 0.4) is 0 Å². The lowest BCUT2D eigenvalue weighted by molar-refractivity contribution is -0.167. The first-order chi connectivity index (χ1) is 35.0. The number of unbranched alkanes of at least 4 members (excludes halogenated alkanes) is 35. The van der Waals surface area contributed by atoms with Gasteiger partial charge in [-0.15, -0.1) is 0 Å². The molecule has 0 bridgehead atoms. The van der Waals surface area contributed by atoms with Gasteiger partial charge >= 0.3 is 17.9 Å². The number of hydrogen-bond donors (Lipinski definition) is 0. The Kier molecular flexibility index (Phi) is 57.2. The molecule has 0 aromatic rings. The van der Waals surface area contributed by atoms with Crippen molar-refractivity contribution in [2.75, 3.05) is 13.2 Å². The Labute approximate surface area is 440 Å². The van der Waals surface area contributed by atoms with Gasteiger partial charge in [0.25, 0.3) is 0 Å². The van der Waals surface area contributed by atoms with Crippen LogP contribution in [-0.2, 0) is 28.6 Å². The van der Waals surface area contributed by atoms with Crippen LogP contribution in [0, 0.1) is 0 Å². The second-order valence-corrected chi connectivity index (χ2v) is 20.6. The number of esters is 3. The molecule has 0 fully saturated rings. The first kappa shape index (κ1) is 68.1. The minimum Gasteiger partial charge on any atom is -0.462 e. The fourth-order valence-electron chi connectivity index (χ4n) is 8.83. The third-order valence-electron chi connectivity index (χ3n) is 13.5. The summed E-state index contributed by atoms with van der Waals surface area (Å²) in [6, 6.07) is 0. The summed E-state index contributed by atoms with van der Waals surface area (Å²) in [6.45, 7) is 6.59. The molecule has 0 radical (unpaired) electrons. The Morgan fingerprint density at radius 3 is 0.845 bits per heavy atom. The summed E-state index contributed by atoms with van der Waals surface area (Å²) in [5.74, 6) is -0.921. The lowest BCUT2D eigenvalue weighted by atomic mass is 10.0. The van der Waals surface area contributed by atoms with Crippen molar-refractivity contribution < 1.29 is 28.6 Å². The zero-order chi connectivity index (χ0) is 51.4. The van der Waals surface area contributed by atoms with Crippen molar-refractivity contribution in [1.29, 1.82) is 0 Å². The van der Waals surface area contributed by atoms with Gasteiger partial charge in [-0.1, -0.05) is 268 Å². The van der Waals surface area contributed by atoms with Crippen LogP contribution in [0.4, 0.5) is 0 Å². The van der Waals surface area contributed by atoms with Gasteiger partial charge in [0.05, 0.1) is 0 Å². The van der Waals surface area contributed by atoms with Crippen LogP contribution in [0.2, 0.25) is 0 Å². The van der Waals surface area contributed by atoms with E-state index in [2.05, 4.69) is 81.5 Å². The molecular formula is C65H116O6. The predicted octanol–water partition coefficient (Wildman–Crippen LogP) is 20.8. The van der Waals surface area contributed by atoms with Gasteiger partial charge in [0.15, 0.2) is 6.10 Å². The third-order valence-corrected chi connectivity index (χ3v) is 13.5. The molecule has 0 saturated heterocycles.